The maximum absolute atomic E-state index is 10.0. The zero-order valence-electron chi connectivity index (χ0n) is 9.83. The highest BCUT2D eigenvalue weighted by molar-refractivity contribution is 7.99. The Morgan fingerprint density at radius 2 is 2.39 bits per heavy atom. The van der Waals surface area contributed by atoms with Crippen LogP contribution in [0.2, 0.25) is 0 Å². The molecule has 0 saturated heterocycles. The molecule has 0 amide bonds. The molecule has 4 N–H and O–H groups in total. The Kier molecular flexibility index (Phi) is 4.06. The van der Waals surface area contributed by atoms with Crippen molar-refractivity contribution in [3.8, 4) is 5.75 Å². The second-order valence-electron chi connectivity index (χ2n) is 3.61. The number of aliphatic hydroxyl groups is 1. The summed E-state index contributed by atoms with van der Waals surface area (Å²) in [5.41, 5.74) is 6.21. The number of hydrogen-bond acceptors (Lipinski definition) is 6. The summed E-state index contributed by atoms with van der Waals surface area (Å²) in [6, 6.07) is 7.32. The molecule has 96 valence electrons. The molecule has 0 spiro atoms. The Balaban J connectivity index is 1.96. The van der Waals surface area contributed by atoms with Crippen molar-refractivity contribution in [1.82, 2.24) is 15.2 Å². The number of H-pyrrole nitrogens is 1. The predicted octanol–water partition coefficient (Wildman–Crippen LogP) is 1.22. The minimum atomic E-state index is -0.607. The maximum Gasteiger partial charge on any atom is 0.216 e. The minimum Gasteiger partial charge on any atom is -0.497 e. The van der Waals surface area contributed by atoms with Crippen molar-refractivity contribution in [2.45, 2.75) is 11.3 Å². The zero-order valence-corrected chi connectivity index (χ0v) is 10.6. The number of nitrogens with two attached hydrogens (primary N) is 1. The lowest BCUT2D eigenvalue weighted by molar-refractivity contribution is 0.203. The van der Waals surface area contributed by atoms with E-state index < -0.39 is 6.10 Å². The third-order valence-electron chi connectivity index (χ3n) is 2.33. The zero-order chi connectivity index (χ0) is 13.0. The highest BCUT2D eigenvalue weighted by Crippen LogP contribution is 2.24. The van der Waals surface area contributed by atoms with E-state index in [1.807, 2.05) is 18.2 Å². The van der Waals surface area contributed by atoms with Crippen LogP contribution in [0.5, 0.6) is 5.75 Å². The van der Waals surface area contributed by atoms with E-state index in [9.17, 15) is 5.11 Å². The van der Waals surface area contributed by atoms with Crippen LogP contribution in [0, 0.1) is 0 Å². The van der Waals surface area contributed by atoms with E-state index in [0.717, 1.165) is 11.3 Å². The first-order chi connectivity index (χ1) is 8.69. The molecule has 1 atom stereocenters. The molecule has 0 aliphatic carbocycles. The van der Waals surface area contributed by atoms with Crippen LogP contribution in [-0.2, 0) is 0 Å². The highest BCUT2D eigenvalue weighted by Gasteiger charge is 2.11. The Labute approximate surface area is 109 Å². The average Bonchev–Trinajstić information content (AvgIpc) is 2.82. The number of anilines is 1. The van der Waals surface area contributed by atoms with Gasteiger partial charge in [-0.2, -0.15) is 4.98 Å². The summed E-state index contributed by atoms with van der Waals surface area (Å²) in [6.07, 6.45) is -0.607. The molecule has 6 nitrogen and oxygen atoms in total. The lowest BCUT2D eigenvalue weighted by Crippen LogP contribution is -2.01. The van der Waals surface area contributed by atoms with Gasteiger partial charge in [0.05, 0.1) is 13.2 Å². The maximum atomic E-state index is 10.0. The van der Waals surface area contributed by atoms with Crippen molar-refractivity contribution >= 4 is 17.7 Å². The van der Waals surface area contributed by atoms with Crippen molar-refractivity contribution in [2.24, 2.45) is 0 Å². The van der Waals surface area contributed by atoms with Crippen LogP contribution in [0.4, 0.5) is 5.95 Å². The van der Waals surface area contributed by atoms with E-state index in [1.165, 1.54) is 11.8 Å². The molecule has 7 heteroatoms. The molecule has 18 heavy (non-hydrogen) atoms. The van der Waals surface area contributed by atoms with Crippen LogP contribution in [0.3, 0.4) is 0 Å². The molecule has 1 unspecified atom stereocenters. The Hall–Kier alpha value is -1.73. The smallest absolute Gasteiger partial charge is 0.216 e. The third-order valence-corrected chi connectivity index (χ3v) is 3.25. The van der Waals surface area contributed by atoms with E-state index in [1.54, 1.807) is 13.2 Å². The van der Waals surface area contributed by atoms with Crippen molar-refractivity contribution in [1.29, 1.82) is 0 Å². The second kappa shape index (κ2) is 5.74. The first-order valence-corrected chi connectivity index (χ1v) is 6.30. The van der Waals surface area contributed by atoms with Gasteiger partial charge in [0.15, 0.2) is 0 Å². The van der Waals surface area contributed by atoms with Gasteiger partial charge in [0, 0.05) is 5.75 Å². The number of hydrogen-bond donors (Lipinski definition) is 3. The minimum absolute atomic E-state index is 0.272. The van der Waals surface area contributed by atoms with Gasteiger partial charge in [0.2, 0.25) is 11.1 Å². The molecule has 1 heterocycles. The summed E-state index contributed by atoms with van der Waals surface area (Å²) in [4.78, 5) is 3.95. The van der Waals surface area contributed by atoms with Crippen molar-refractivity contribution < 1.29 is 9.84 Å². The molecule has 0 fully saturated rings. The standard InChI is InChI=1S/C11H14N4O2S/c1-17-8-4-2-3-7(5-8)9(16)6-18-11-13-10(12)14-15-11/h2-5,9,16H,6H2,1H3,(H3,12,13,14,15). The van der Waals surface area contributed by atoms with E-state index in [2.05, 4.69) is 15.2 Å². The number of thioether (sulfide) groups is 1. The third kappa shape index (κ3) is 3.14. The lowest BCUT2D eigenvalue weighted by atomic mass is 10.1. The van der Waals surface area contributed by atoms with Gasteiger partial charge in [-0.05, 0) is 17.7 Å². The molecule has 0 aliphatic rings. The average molecular weight is 266 g/mol. The first-order valence-electron chi connectivity index (χ1n) is 5.31. The Morgan fingerprint density at radius 3 is 3.06 bits per heavy atom. The lowest BCUT2D eigenvalue weighted by Gasteiger charge is -2.10. The summed E-state index contributed by atoms with van der Waals surface area (Å²) >= 11 is 1.33. The van der Waals surface area contributed by atoms with Gasteiger partial charge in [0.1, 0.15) is 5.75 Å². The van der Waals surface area contributed by atoms with Crippen LogP contribution in [0.25, 0.3) is 0 Å². The number of rotatable bonds is 5. The summed E-state index contributed by atoms with van der Waals surface area (Å²) in [6.45, 7) is 0. The summed E-state index contributed by atoms with van der Waals surface area (Å²) in [7, 11) is 1.59. The molecule has 2 rings (SSSR count). The number of aromatic amines is 1. The van der Waals surface area contributed by atoms with E-state index in [0.29, 0.717) is 10.9 Å². The molecule has 1 aromatic carbocycles. The van der Waals surface area contributed by atoms with Crippen molar-refractivity contribution in [3.05, 3.63) is 29.8 Å². The fraction of sp³-hybridized carbons (Fsp3) is 0.273. The van der Waals surface area contributed by atoms with Crippen molar-refractivity contribution in [2.75, 3.05) is 18.6 Å². The van der Waals surface area contributed by atoms with Crippen LogP contribution in [-0.4, -0.2) is 33.2 Å². The molecule has 0 bridgehead atoms. The van der Waals surface area contributed by atoms with Crippen LogP contribution in [0.1, 0.15) is 11.7 Å². The van der Waals surface area contributed by atoms with Gasteiger partial charge in [-0.15, -0.1) is 5.10 Å². The van der Waals surface area contributed by atoms with Crippen LogP contribution in [0.15, 0.2) is 29.4 Å². The number of ether oxygens (including phenoxy) is 1. The number of benzene rings is 1. The van der Waals surface area contributed by atoms with Crippen LogP contribution < -0.4 is 10.5 Å². The quantitative estimate of drug-likeness (QED) is 0.704. The number of nitrogen functional groups attached to an aromatic ring is 1. The second-order valence-corrected chi connectivity index (χ2v) is 4.59. The fourth-order valence-corrected chi connectivity index (χ4v) is 2.19. The molecular formula is C11H14N4O2S. The van der Waals surface area contributed by atoms with Gasteiger partial charge < -0.3 is 15.6 Å². The Bertz CT molecular complexity index is 517. The van der Waals surface area contributed by atoms with E-state index in [4.69, 9.17) is 10.5 Å². The van der Waals surface area contributed by atoms with Gasteiger partial charge in [-0.25, -0.2) is 5.10 Å². The van der Waals surface area contributed by atoms with Gasteiger partial charge in [0.25, 0.3) is 0 Å². The number of nitrogens with zero attached hydrogens (tertiary/aromatic N) is 2. The number of methoxy groups -OCH3 is 1. The summed E-state index contributed by atoms with van der Waals surface area (Å²) < 4.78 is 5.11. The van der Waals surface area contributed by atoms with Gasteiger partial charge in [-0.3, -0.25) is 0 Å². The SMILES string of the molecule is COc1cccc(C(O)CSc2n[nH]c(N)n2)c1. The number of aliphatic hydroxyl groups excluding tert-OH is 1. The topological polar surface area (TPSA) is 97.0 Å². The first kappa shape index (κ1) is 12.7. The molecule has 0 saturated carbocycles. The highest BCUT2D eigenvalue weighted by atomic mass is 32.2. The normalized spacial score (nSPS) is 12.3. The Morgan fingerprint density at radius 1 is 1.56 bits per heavy atom. The number of aromatic nitrogens is 3. The van der Waals surface area contributed by atoms with E-state index in [-0.39, 0.29) is 5.95 Å². The predicted molar refractivity (Wildman–Crippen MR) is 69.5 cm³/mol. The van der Waals surface area contributed by atoms with Gasteiger partial charge >= 0.3 is 0 Å². The molecule has 0 aliphatic heterocycles. The monoisotopic (exact) mass is 266 g/mol. The summed E-state index contributed by atoms with van der Waals surface area (Å²) in [5.74, 6) is 1.44. The van der Waals surface area contributed by atoms with Gasteiger partial charge in [-0.1, -0.05) is 23.9 Å². The fourth-order valence-electron chi connectivity index (χ4n) is 1.42. The summed E-state index contributed by atoms with van der Waals surface area (Å²) in [5, 5.41) is 17.0. The van der Waals surface area contributed by atoms with E-state index >= 15 is 0 Å². The number of nitrogens with one attached hydrogen (secondary N) is 1. The van der Waals surface area contributed by atoms with Crippen LogP contribution >= 0.6 is 11.8 Å². The largest absolute Gasteiger partial charge is 0.497 e. The molecule has 2 aromatic rings. The molecular weight excluding hydrogens is 252 g/mol. The molecule has 1 aromatic heterocycles. The van der Waals surface area contributed by atoms with Crippen molar-refractivity contribution in [3.63, 3.8) is 0 Å². The molecule has 0 radical (unpaired) electrons.